The zero-order valence-corrected chi connectivity index (χ0v) is 11.4. The van der Waals surface area contributed by atoms with Crippen LogP contribution in [0.1, 0.15) is 36.9 Å². The van der Waals surface area contributed by atoms with Crippen molar-refractivity contribution in [2.24, 2.45) is 0 Å². The molecule has 0 aliphatic heterocycles. The van der Waals surface area contributed by atoms with Gasteiger partial charge in [0.25, 0.3) is 0 Å². The van der Waals surface area contributed by atoms with Crippen LogP contribution >= 0.6 is 0 Å². The molecule has 0 bridgehead atoms. The molecule has 4 nitrogen and oxygen atoms in total. The van der Waals surface area contributed by atoms with Crippen molar-refractivity contribution in [3.63, 3.8) is 0 Å². The van der Waals surface area contributed by atoms with Gasteiger partial charge in [0.2, 0.25) is 0 Å². The highest BCUT2D eigenvalue weighted by Crippen LogP contribution is 2.28. The van der Waals surface area contributed by atoms with Crippen molar-refractivity contribution in [3.05, 3.63) is 35.8 Å². The molecule has 102 valence electrons. The topological polar surface area (TPSA) is 49.6 Å². The molecule has 0 radical (unpaired) electrons. The molecule has 2 heterocycles. The number of nitrogens with zero attached hydrogens (tertiary/aromatic N) is 2. The van der Waals surface area contributed by atoms with Crippen molar-refractivity contribution in [2.45, 2.75) is 44.8 Å². The predicted molar refractivity (Wildman–Crippen MR) is 75.1 cm³/mol. The van der Waals surface area contributed by atoms with Gasteiger partial charge in [-0.05, 0) is 31.4 Å². The number of aryl methyl sites for hydroxylation is 1. The SMILES string of the molecule is Cc1cccn2c(CNCC3(O)CCCC3)cnc12. The second-order valence-corrected chi connectivity index (χ2v) is 5.67. The van der Waals surface area contributed by atoms with Crippen molar-refractivity contribution in [3.8, 4) is 0 Å². The van der Waals surface area contributed by atoms with E-state index in [1.165, 1.54) is 5.56 Å². The summed E-state index contributed by atoms with van der Waals surface area (Å²) in [5.74, 6) is 0. The van der Waals surface area contributed by atoms with Crippen molar-refractivity contribution >= 4 is 5.65 Å². The van der Waals surface area contributed by atoms with E-state index < -0.39 is 5.60 Å². The van der Waals surface area contributed by atoms with E-state index in [1.54, 1.807) is 0 Å². The third kappa shape index (κ3) is 2.51. The van der Waals surface area contributed by atoms with Gasteiger partial charge in [0, 0.05) is 19.3 Å². The lowest BCUT2D eigenvalue weighted by molar-refractivity contribution is 0.0474. The molecular formula is C15H21N3O. The fraction of sp³-hybridized carbons (Fsp3) is 0.533. The molecule has 19 heavy (non-hydrogen) atoms. The summed E-state index contributed by atoms with van der Waals surface area (Å²) in [4.78, 5) is 4.45. The predicted octanol–water partition coefficient (Wildman–Crippen LogP) is 2.04. The average molecular weight is 259 g/mol. The minimum Gasteiger partial charge on any atom is -0.389 e. The van der Waals surface area contributed by atoms with Crippen LogP contribution in [0.5, 0.6) is 0 Å². The summed E-state index contributed by atoms with van der Waals surface area (Å²) in [6.07, 6.45) is 8.09. The van der Waals surface area contributed by atoms with Crippen molar-refractivity contribution in [2.75, 3.05) is 6.54 Å². The van der Waals surface area contributed by atoms with Crippen LogP contribution in [0.2, 0.25) is 0 Å². The molecule has 0 amide bonds. The number of hydrogen-bond donors (Lipinski definition) is 2. The molecule has 0 atom stereocenters. The van der Waals surface area contributed by atoms with E-state index in [0.29, 0.717) is 6.54 Å². The molecule has 4 heteroatoms. The van der Waals surface area contributed by atoms with Gasteiger partial charge in [-0.3, -0.25) is 0 Å². The highest BCUT2D eigenvalue weighted by atomic mass is 16.3. The summed E-state index contributed by atoms with van der Waals surface area (Å²) >= 11 is 0. The van der Waals surface area contributed by atoms with Gasteiger partial charge < -0.3 is 14.8 Å². The van der Waals surface area contributed by atoms with Crippen LogP contribution in [0, 0.1) is 6.92 Å². The summed E-state index contributed by atoms with van der Waals surface area (Å²) < 4.78 is 2.11. The molecule has 2 N–H and O–H groups in total. The molecule has 0 saturated heterocycles. The molecular weight excluding hydrogens is 238 g/mol. The van der Waals surface area contributed by atoms with Crippen LogP contribution in [-0.4, -0.2) is 26.6 Å². The first kappa shape index (κ1) is 12.6. The van der Waals surface area contributed by atoms with Gasteiger partial charge in [0.05, 0.1) is 17.5 Å². The Hall–Kier alpha value is -1.39. The Bertz CT molecular complexity index is 570. The lowest BCUT2D eigenvalue weighted by Crippen LogP contribution is -2.37. The van der Waals surface area contributed by atoms with Crippen LogP contribution in [0.15, 0.2) is 24.5 Å². The number of aromatic nitrogens is 2. The first-order chi connectivity index (χ1) is 9.18. The molecule has 0 unspecified atom stereocenters. The van der Waals surface area contributed by atoms with Gasteiger partial charge in [0.15, 0.2) is 0 Å². The lowest BCUT2D eigenvalue weighted by atomic mass is 10.0. The van der Waals surface area contributed by atoms with E-state index >= 15 is 0 Å². The fourth-order valence-corrected chi connectivity index (χ4v) is 2.97. The smallest absolute Gasteiger partial charge is 0.139 e. The summed E-state index contributed by atoms with van der Waals surface area (Å²) in [5.41, 5.74) is 2.85. The van der Waals surface area contributed by atoms with Gasteiger partial charge in [-0.1, -0.05) is 18.9 Å². The van der Waals surface area contributed by atoms with Crippen LogP contribution in [-0.2, 0) is 6.54 Å². The van der Waals surface area contributed by atoms with Gasteiger partial charge in [-0.15, -0.1) is 0 Å². The molecule has 1 fully saturated rings. The molecule has 0 spiro atoms. The molecule has 2 aromatic heterocycles. The Kier molecular flexibility index (Phi) is 3.29. The number of hydrogen-bond acceptors (Lipinski definition) is 3. The summed E-state index contributed by atoms with van der Waals surface area (Å²) in [6.45, 7) is 3.49. The van der Waals surface area contributed by atoms with Crippen LogP contribution in [0.25, 0.3) is 5.65 Å². The number of rotatable bonds is 4. The maximum atomic E-state index is 10.3. The Morgan fingerprint density at radius 2 is 2.21 bits per heavy atom. The number of pyridine rings is 1. The third-order valence-corrected chi connectivity index (χ3v) is 4.10. The first-order valence-corrected chi connectivity index (χ1v) is 7.03. The van der Waals surface area contributed by atoms with Crippen LogP contribution in [0.4, 0.5) is 0 Å². The second-order valence-electron chi connectivity index (χ2n) is 5.67. The van der Waals surface area contributed by atoms with Crippen LogP contribution < -0.4 is 5.32 Å². The van der Waals surface area contributed by atoms with Gasteiger partial charge in [-0.2, -0.15) is 0 Å². The largest absolute Gasteiger partial charge is 0.389 e. The molecule has 2 aromatic rings. The highest BCUT2D eigenvalue weighted by molar-refractivity contribution is 5.48. The molecule has 3 rings (SSSR count). The van der Waals surface area contributed by atoms with Crippen molar-refractivity contribution in [1.29, 1.82) is 0 Å². The van der Waals surface area contributed by atoms with Gasteiger partial charge in [0.1, 0.15) is 5.65 Å². The molecule has 1 aliphatic carbocycles. The number of fused-ring (bicyclic) bond motifs is 1. The summed E-state index contributed by atoms with van der Waals surface area (Å²) in [7, 11) is 0. The maximum absolute atomic E-state index is 10.3. The first-order valence-electron chi connectivity index (χ1n) is 7.03. The minimum absolute atomic E-state index is 0.490. The summed E-state index contributed by atoms with van der Waals surface area (Å²) in [6, 6.07) is 4.11. The van der Waals surface area contributed by atoms with E-state index in [1.807, 2.05) is 18.5 Å². The molecule has 1 aliphatic rings. The zero-order valence-electron chi connectivity index (χ0n) is 11.4. The van der Waals surface area contributed by atoms with Crippen molar-refractivity contribution < 1.29 is 5.11 Å². The molecule has 0 aromatic carbocycles. The minimum atomic E-state index is -0.490. The monoisotopic (exact) mass is 259 g/mol. The maximum Gasteiger partial charge on any atom is 0.139 e. The zero-order chi connectivity index (χ0) is 13.3. The van der Waals surface area contributed by atoms with Gasteiger partial charge >= 0.3 is 0 Å². The quantitative estimate of drug-likeness (QED) is 0.883. The Morgan fingerprint density at radius 3 is 3.00 bits per heavy atom. The van der Waals surface area contributed by atoms with E-state index in [4.69, 9.17) is 0 Å². The Balaban J connectivity index is 1.67. The van der Waals surface area contributed by atoms with E-state index in [2.05, 4.69) is 27.7 Å². The lowest BCUT2D eigenvalue weighted by Gasteiger charge is -2.22. The van der Waals surface area contributed by atoms with E-state index in [-0.39, 0.29) is 0 Å². The molecule has 1 saturated carbocycles. The fourth-order valence-electron chi connectivity index (χ4n) is 2.97. The Morgan fingerprint density at radius 1 is 1.42 bits per heavy atom. The number of imidazole rings is 1. The standard InChI is InChI=1S/C15H21N3O/c1-12-5-4-8-18-13(10-17-14(12)18)9-16-11-15(19)6-2-3-7-15/h4-5,8,10,16,19H,2-3,6-7,9,11H2,1H3. The average Bonchev–Trinajstić information content (AvgIpc) is 2.98. The van der Waals surface area contributed by atoms with E-state index in [9.17, 15) is 5.11 Å². The van der Waals surface area contributed by atoms with Crippen molar-refractivity contribution in [1.82, 2.24) is 14.7 Å². The highest BCUT2D eigenvalue weighted by Gasteiger charge is 2.30. The third-order valence-electron chi connectivity index (χ3n) is 4.10. The Labute approximate surface area is 113 Å². The van der Waals surface area contributed by atoms with E-state index in [0.717, 1.165) is 43.6 Å². The second kappa shape index (κ2) is 4.94. The number of nitrogens with one attached hydrogen (secondary N) is 1. The normalized spacial score (nSPS) is 18.2. The van der Waals surface area contributed by atoms with Gasteiger partial charge in [-0.25, -0.2) is 4.98 Å². The number of aliphatic hydroxyl groups is 1. The summed E-state index contributed by atoms with van der Waals surface area (Å²) in [5, 5.41) is 13.7. The van der Waals surface area contributed by atoms with Crippen LogP contribution in [0.3, 0.4) is 0 Å².